The molecular weight excluding hydrogens is 446 g/mol. The molecule has 4 saturated carbocycles. The van der Waals surface area contributed by atoms with Crippen LogP contribution in [0.5, 0.6) is 0 Å². The monoisotopic (exact) mass is 499 g/mol. The Morgan fingerprint density at radius 2 is 1.69 bits per heavy atom. The molecule has 0 radical (unpaired) electrons. The number of carbonyl (C=O) groups excluding carboxylic acids is 1. The fourth-order valence-corrected chi connectivity index (χ4v) is 11.2. The van der Waals surface area contributed by atoms with E-state index in [0.29, 0.717) is 36.1 Å². The van der Waals surface area contributed by atoms with Crippen molar-refractivity contribution in [3.8, 4) is 0 Å². The van der Waals surface area contributed by atoms with Gasteiger partial charge in [-0.05, 0) is 109 Å². The lowest BCUT2D eigenvalue weighted by Crippen LogP contribution is -2.66. The molecule has 10 atom stereocenters. The molecule has 0 bridgehead atoms. The van der Waals surface area contributed by atoms with E-state index in [1.54, 1.807) is 5.57 Å². The van der Waals surface area contributed by atoms with Crippen molar-refractivity contribution in [1.82, 2.24) is 5.32 Å². The van der Waals surface area contributed by atoms with Gasteiger partial charge < -0.3 is 15.5 Å². The van der Waals surface area contributed by atoms with Crippen molar-refractivity contribution in [2.45, 2.75) is 112 Å². The Hall–Kier alpha value is -0.870. The van der Waals surface area contributed by atoms with Gasteiger partial charge in [-0.3, -0.25) is 4.79 Å². The summed E-state index contributed by atoms with van der Waals surface area (Å²) in [6.07, 6.45) is 12.2. The number of fused-ring (bicyclic) bond motifs is 7. The van der Waals surface area contributed by atoms with Crippen LogP contribution in [0.1, 0.15) is 106 Å². The van der Waals surface area contributed by atoms with Gasteiger partial charge in [0.2, 0.25) is 5.91 Å². The van der Waals surface area contributed by atoms with Crippen molar-refractivity contribution < 1.29 is 15.0 Å². The van der Waals surface area contributed by atoms with Crippen LogP contribution in [-0.4, -0.2) is 35.4 Å². The van der Waals surface area contributed by atoms with Crippen molar-refractivity contribution >= 4 is 5.91 Å². The Bertz CT molecular complexity index is 926. The SMILES string of the molecule is C[C@H]1[C@H](C)CC[C@]2(C(=O)NCCO)CC[C@]3(C)C(=CC[C@@H]4[C@@]5(C)CC[C@H](O)C(C)(C)[C@@H]5CC[C@]43C)[C@H]12. The lowest BCUT2D eigenvalue weighted by molar-refractivity contribution is -0.204. The summed E-state index contributed by atoms with van der Waals surface area (Å²) < 4.78 is 0. The molecule has 36 heavy (non-hydrogen) atoms. The molecule has 0 aromatic rings. The molecule has 1 amide bonds. The quantitative estimate of drug-likeness (QED) is 0.410. The van der Waals surface area contributed by atoms with Crippen LogP contribution in [0, 0.1) is 56.7 Å². The Balaban J connectivity index is 1.58. The number of hydrogen-bond donors (Lipinski definition) is 3. The molecule has 5 rings (SSSR count). The summed E-state index contributed by atoms with van der Waals surface area (Å²) in [5.74, 6) is 2.78. The zero-order valence-corrected chi connectivity index (χ0v) is 24.1. The summed E-state index contributed by atoms with van der Waals surface area (Å²) in [5.41, 5.74) is 1.82. The van der Waals surface area contributed by atoms with E-state index < -0.39 is 0 Å². The molecule has 0 aromatic heterocycles. The van der Waals surface area contributed by atoms with Crippen molar-refractivity contribution in [3.63, 3.8) is 0 Å². The van der Waals surface area contributed by atoms with Gasteiger partial charge in [0.1, 0.15) is 0 Å². The summed E-state index contributed by atoms with van der Waals surface area (Å²) in [7, 11) is 0. The van der Waals surface area contributed by atoms with Crippen LogP contribution in [-0.2, 0) is 4.79 Å². The highest BCUT2D eigenvalue weighted by Gasteiger charge is 2.69. The molecule has 204 valence electrons. The second-order valence-corrected chi connectivity index (χ2v) is 15.2. The smallest absolute Gasteiger partial charge is 0.226 e. The Kier molecular flexibility index (Phi) is 6.36. The third-order valence-electron chi connectivity index (χ3n) is 13.8. The average molecular weight is 500 g/mol. The molecule has 4 heteroatoms. The fraction of sp³-hybridized carbons (Fsp3) is 0.906. The predicted molar refractivity (Wildman–Crippen MR) is 145 cm³/mol. The van der Waals surface area contributed by atoms with Crippen LogP contribution in [0.2, 0.25) is 0 Å². The van der Waals surface area contributed by atoms with Crippen LogP contribution >= 0.6 is 0 Å². The first-order valence-corrected chi connectivity index (χ1v) is 15.1. The van der Waals surface area contributed by atoms with Crippen molar-refractivity contribution in [1.29, 1.82) is 0 Å². The van der Waals surface area contributed by atoms with Gasteiger partial charge in [0.25, 0.3) is 0 Å². The Morgan fingerprint density at radius 3 is 2.39 bits per heavy atom. The number of nitrogens with one attached hydrogen (secondary N) is 1. The van der Waals surface area contributed by atoms with Gasteiger partial charge in [-0.2, -0.15) is 0 Å². The van der Waals surface area contributed by atoms with E-state index in [1.807, 2.05) is 0 Å². The number of amides is 1. The summed E-state index contributed by atoms with van der Waals surface area (Å²) in [4.78, 5) is 13.8. The number of carbonyl (C=O) groups is 1. The Labute approximate surface area is 220 Å². The summed E-state index contributed by atoms with van der Waals surface area (Å²) in [5, 5.41) is 23.5. The van der Waals surface area contributed by atoms with E-state index in [1.165, 1.54) is 12.8 Å². The van der Waals surface area contributed by atoms with Crippen molar-refractivity contribution in [3.05, 3.63) is 11.6 Å². The maximum atomic E-state index is 13.8. The van der Waals surface area contributed by atoms with E-state index in [0.717, 1.165) is 44.9 Å². The topological polar surface area (TPSA) is 69.6 Å². The number of rotatable bonds is 3. The molecule has 0 unspecified atom stereocenters. The van der Waals surface area contributed by atoms with E-state index in [2.05, 4.69) is 59.9 Å². The number of hydrogen-bond acceptors (Lipinski definition) is 3. The molecule has 5 aliphatic carbocycles. The number of allylic oxidation sites excluding steroid dienone is 2. The minimum Gasteiger partial charge on any atom is -0.395 e. The molecule has 4 fully saturated rings. The summed E-state index contributed by atoms with van der Waals surface area (Å²) >= 11 is 0. The van der Waals surface area contributed by atoms with Crippen molar-refractivity contribution in [2.24, 2.45) is 56.7 Å². The predicted octanol–water partition coefficient (Wildman–Crippen LogP) is 6.11. The van der Waals surface area contributed by atoms with E-state index in [-0.39, 0.29) is 45.7 Å². The molecule has 4 nitrogen and oxygen atoms in total. The molecule has 0 spiro atoms. The number of aliphatic hydroxyl groups is 2. The highest BCUT2D eigenvalue weighted by atomic mass is 16.3. The minimum absolute atomic E-state index is 0.00337. The average Bonchev–Trinajstić information content (AvgIpc) is 2.83. The molecule has 0 heterocycles. The molecule has 5 aliphatic rings. The number of aliphatic hydroxyl groups excluding tert-OH is 2. The van der Waals surface area contributed by atoms with E-state index in [9.17, 15) is 15.0 Å². The normalized spacial score (nSPS) is 51.6. The maximum absolute atomic E-state index is 13.8. The maximum Gasteiger partial charge on any atom is 0.226 e. The van der Waals surface area contributed by atoms with Gasteiger partial charge in [-0.15, -0.1) is 0 Å². The lowest BCUT2D eigenvalue weighted by atomic mass is 9.33. The van der Waals surface area contributed by atoms with Gasteiger partial charge >= 0.3 is 0 Å². The first-order valence-electron chi connectivity index (χ1n) is 15.1. The molecule has 3 N–H and O–H groups in total. The third-order valence-corrected chi connectivity index (χ3v) is 13.8. The summed E-state index contributed by atoms with van der Waals surface area (Å²) in [6, 6.07) is 0. The van der Waals surface area contributed by atoms with Gasteiger partial charge in [0.15, 0.2) is 0 Å². The summed E-state index contributed by atoms with van der Waals surface area (Å²) in [6.45, 7) is 17.5. The van der Waals surface area contributed by atoms with Crippen LogP contribution in [0.4, 0.5) is 0 Å². The Morgan fingerprint density at radius 1 is 0.972 bits per heavy atom. The van der Waals surface area contributed by atoms with Gasteiger partial charge in [-0.1, -0.05) is 60.1 Å². The zero-order chi connectivity index (χ0) is 26.3. The van der Waals surface area contributed by atoms with Gasteiger partial charge in [0, 0.05) is 6.54 Å². The van der Waals surface area contributed by atoms with E-state index in [4.69, 9.17) is 0 Å². The third kappa shape index (κ3) is 3.28. The van der Waals surface area contributed by atoms with Crippen molar-refractivity contribution in [2.75, 3.05) is 13.2 Å². The molecular formula is C32H53NO3. The largest absolute Gasteiger partial charge is 0.395 e. The van der Waals surface area contributed by atoms with Crippen LogP contribution in [0.25, 0.3) is 0 Å². The molecule has 0 aliphatic heterocycles. The van der Waals surface area contributed by atoms with Gasteiger partial charge in [-0.25, -0.2) is 0 Å². The first-order chi connectivity index (χ1) is 16.8. The second-order valence-electron chi connectivity index (χ2n) is 15.2. The zero-order valence-electron chi connectivity index (χ0n) is 24.1. The van der Waals surface area contributed by atoms with E-state index >= 15 is 0 Å². The molecule has 0 saturated heterocycles. The molecule has 0 aromatic carbocycles. The van der Waals surface area contributed by atoms with Crippen LogP contribution < -0.4 is 5.32 Å². The van der Waals surface area contributed by atoms with Crippen LogP contribution in [0.3, 0.4) is 0 Å². The standard InChI is InChI=1S/C32H53NO3/c1-20-10-15-32(27(36)33-18-19-34)17-16-30(6)22(26(32)21(20)2)8-9-24-29(5)13-12-25(35)28(3,4)23(29)11-14-31(24,30)7/h8,20-21,23-26,34-35H,9-19H2,1-7H3,(H,33,36)/t20-,21+,23+,24-,25+,26+,29+,30-,31-,32+/m1/s1. The highest BCUT2D eigenvalue weighted by molar-refractivity contribution is 5.84. The second kappa shape index (κ2) is 8.57. The minimum atomic E-state index is -0.326. The lowest BCUT2D eigenvalue weighted by Gasteiger charge is -2.71. The van der Waals surface area contributed by atoms with Crippen LogP contribution in [0.15, 0.2) is 11.6 Å². The van der Waals surface area contributed by atoms with Gasteiger partial charge in [0.05, 0.1) is 18.1 Å². The fourth-order valence-electron chi connectivity index (χ4n) is 11.2. The first kappa shape index (κ1) is 26.7. The highest BCUT2D eigenvalue weighted by Crippen LogP contribution is 2.75.